The molecule has 0 saturated carbocycles. The number of hydrogen-bond donors (Lipinski definition) is 0. The van der Waals surface area contributed by atoms with Gasteiger partial charge in [-0.05, 0) is 74.0 Å². The summed E-state index contributed by atoms with van der Waals surface area (Å²) in [6.07, 6.45) is 4.96. The molecule has 0 bridgehead atoms. The summed E-state index contributed by atoms with van der Waals surface area (Å²) in [5.41, 5.74) is 2.42. The Morgan fingerprint density at radius 1 is 1.21 bits per heavy atom. The van der Waals surface area contributed by atoms with Crippen molar-refractivity contribution in [2.75, 3.05) is 13.7 Å². The normalized spacial score (nSPS) is 10.2. The minimum Gasteiger partial charge on any atom is -0.496 e. The molecule has 0 saturated heterocycles. The van der Waals surface area contributed by atoms with Crippen molar-refractivity contribution in [2.45, 2.75) is 33.1 Å². The Balaban J connectivity index is 2.99. The van der Waals surface area contributed by atoms with Crippen LogP contribution in [0.2, 0.25) is 0 Å². The number of aryl methyl sites for hydroxylation is 2. The molecule has 1 aromatic rings. The van der Waals surface area contributed by atoms with Crippen LogP contribution in [-0.4, -0.2) is 13.7 Å². The van der Waals surface area contributed by atoms with Gasteiger partial charge in [-0.25, -0.2) is 0 Å². The smallest absolute Gasteiger partial charge is 0.125 e. The van der Waals surface area contributed by atoms with E-state index in [1.54, 1.807) is 7.11 Å². The third-order valence-corrected chi connectivity index (χ3v) is 3.46. The predicted molar refractivity (Wildman–Crippen MR) is 87.8 cm³/mol. The largest absolute Gasteiger partial charge is 0.496 e. The zero-order valence-electron chi connectivity index (χ0n) is 11.6. The maximum atomic E-state index is 5.75. The molecule has 0 aromatic heterocycles. The molecule has 0 radical (unpaired) electrons. The van der Waals surface area contributed by atoms with Crippen LogP contribution in [0.5, 0.6) is 11.5 Å². The molecule has 0 aliphatic carbocycles. The van der Waals surface area contributed by atoms with Crippen molar-refractivity contribution in [1.82, 2.24) is 0 Å². The Morgan fingerprint density at radius 2 is 1.89 bits per heavy atom. The molecule has 0 unspecified atom stereocenters. The standard InChI is InChI=1S/C15H20Br2O2/c1-4-6-12-10-13(19-8-7-14(16)17)9-11(5-2)15(12)18-3/h7,9-10H,4-6,8H2,1-3H3. The number of rotatable bonds is 7. The van der Waals surface area contributed by atoms with Crippen LogP contribution >= 0.6 is 31.9 Å². The highest BCUT2D eigenvalue weighted by Crippen LogP contribution is 2.31. The molecule has 0 heterocycles. The maximum Gasteiger partial charge on any atom is 0.125 e. The first kappa shape index (κ1) is 16.6. The van der Waals surface area contributed by atoms with Crippen molar-refractivity contribution in [1.29, 1.82) is 0 Å². The van der Waals surface area contributed by atoms with Crippen LogP contribution < -0.4 is 9.47 Å². The number of halogens is 2. The van der Waals surface area contributed by atoms with Gasteiger partial charge in [-0.2, -0.15) is 0 Å². The highest BCUT2D eigenvalue weighted by atomic mass is 79.9. The summed E-state index contributed by atoms with van der Waals surface area (Å²) in [6, 6.07) is 4.14. The van der Waals surface area contributed by atoms with E-state index in [1.807, 2.05) is 6.08 Å². The lowest BCUT2D eigenvalue weighted by atomic mass is 10.0. The molecule has 0 aliphatic rings. The van der Waals surface area contributed by atoms with Gasteiger partial charge in [0.2, 0.25) is 0 Å². The molecule has 0 aliphatic heterocycles. The van der Waals surface area contributed by atoms with Gasteiger partial charge in [0, 0.05) is 0 Å². The van der Waals surface area contributed by atoms with E-state index in [9.17, 15) is 0 Å². The minimum absolute atomic E-state index is 0.535. The molecular weight excluding hydrogens is 372 g/mol. The van der Waals surface area contributed by atoms with E-state index in [-0.39, 0.29) is 0 Å². The van der Waals surface area contributed by atoms with E-state index in [0.29, 0.717) is 6.61 Å². The molecular formula is C15H20Br2O2. The van der Waals surface area contributed by atoms with E-state index < -0.39 is 0 Å². The highest BCUT2D eigenvalue weighted by molar-refractivity contribution is 9.28. The lowest BCUT2D eigenvalue weighted by Gasteiger charge is -2.15. The van der Waals surface area contributed by atoms with E-state index in [4.69, 9.17) is 9.47 Å². The first-order valence-electron chi connectivity index (χ1n) is 6.46. The van der Waals surface area contributed by atoms with Crippen molar-refractivity contribution in [3.05, 3.63) is 32.7 Å². The summed E-state index contributed by atoms with van der Waals surface area (Å²) in [4.78, 5) is 0. The number of hydrogen-bond acceptors (Lipinski definition) is 2. The van der Waals surface area contributed by atoms with E-state index in [0.717, 1.165) is 34.2 Å². The highest BCUT2D eigenvalue weighted by Gasteiger charge is 2.10. The van der Waals surface area contributed by atoms with Crippen molar-refractivity contribution in [2.24, 2.45) is 0 Å². The van der Waals surface area contributed by atoms with Crippen LogP contribution in [0, 0.1) is 0 Å². The van der Waals surface area contributed by atoms with Gasteiger partial charge in [0.15, 0.2) is 0 Å². The second kappa shape index (κ2) is 8.64. The van der Waals surface area contributed by atoms with Crippen LogP contribution in [0.4, 0.5) is 0 Å². The van der Waals surface area contributed by atoms with Crippen LogP contribution in [0.25, 0.3) is 0 Å². The van der Waals surface area contributed by atoms with Crippen molar-refractivity contribution in [3.8, 4) is 11.5 Å². The van der Waals surface area contributed by atoms with E-state index in [1.165, 1.54) is 11.1 Å². The van der Waals surface area contributed by atoms with Crippen molar-refractivity contribution >= 4 is 31.9 Å². The lowest BCUT2D eigenvalue weighted by molar-refractivity contribution is 0.358. The summed E-state index contributed by atoms with van der Waals surface area (Å²) in [7, 11) is 1.73. The Labute approximate surface area is 132 Å². The molecule has 0 spiro atoms. The van der Waals surface area contributed by atoms with Gasteiger partial charge in [-0.3, -0.25) is 0 Å². The summed E-state index contributed by atoms with van der Waals surface area (Å²) in [6.45, 7) is 4.84. The SMILES string of the molecule is CCCc1cc(OCC=C(Br)Br)cc(CC)c1OC. The second-order valence-electron chi connectivity index (χ2n) is 4.18. The third kappa shape index (κ3) is 5.19. The molecule has 1 rings (SSSR count). The molecule has 0 N–H and O–H groups in total. The Morgan fingerprint density at radius 3 is 2.42 bits per heavy atom. The molecule has 4 heteroatoms. The van der Waals surface area contributed by atoms with E-state index in [2.05, 4.69) is 57.8 Å². The summed E-state index contributed by atoms with van der Waals surface area (Å²) in [5, 5.41) is 0. The zero-order chi connectivity index (χ0) is 14.3. The molecule has 0 fully saturated rings. The number of benzene rings is 1. The van der Waals surface area contributed by atoms with Gasteiger partial charge in [-0.15, -0.1) is 0 Å². The van der Waals surface area contributed by atoms with E-state index >= 15 is 0 Å². The first-order valence-corrected chi connectivity index (χ1v) is 8.04. The summed E-state index contributed by atoms with van der Waals surface area (Å²) < 4.78 is 12.2. The fourth-order valence-corrected chi connectivity index (χ4v) is 2.25. The van der Waals surface area contributed by atoms with Crippen LogP contribution in [0.3, 0.4) is 0 Å². The van der Waals surface area contributed by atoms with Crippen LogP contribution in [0.1, 0.15) is 31.4 Å². The Bertz CT molecular complexity index is 438. The quantitative estimate of drug-likeness (QED) is 0.634. The first-order chi connectivity index (χ1) is 9.12. The third-order valence-electron chi connectivity index (χ3n) is 2.81. The number of methoxy groups -OCH3 is 1. The maximum absolute atomic E-state index is 5.75. The topological polar surface area (TPSA) is 18.5 Å². The summed E-state index contributed by atoms with van der Waals surface area (Å²) in [5.74, 6) is 1.91. The minimum atomic E-state index is 0.535. The van der Waals surface area contributed by atoms with Crippen molar-refractivity contribution in [3.63, 3.8) is 0 Å². The fourth-order valence-electron chi connectivity index (χ4n) is 1.99. The molecule has 0 amide bonds. The van der Waals surface area contributed by atoms with Gasteiger partial charge < -0.3 is 9.47 Å². The van der Waals surface area contributed by atoms with Crippen LogP contribution in [0.15, 0.2) is 21.6 Å². The zero-order valence-corrected chi connectivity index (χ0v) is 14.8. The molecule has 0 atom stereocenters. The van der Waals surface area contributed by atoms with Gasteiger partial charge in [0.05, 0.1) is 10.5 Å². The molecule has 2 nitrogen and oxygen atoms in total. The predicted octanol–water partition coefficient (Wildman–Crippen LogP) is 5.22. The fraction of sp³-hybridized carbons (Fsp3) is 0.467. The number of ether oxygens (including phenoxy) is 2. The van der Waals surface area contributed by atoms with Gasteiger partial charge >= 0.3 is 0 Å². The average Bonchev–Trinajstić information content (AvgIpc) is 2.38. The van der Waals surface area contributed by atoms with Gasteiger partial charge in [0.1, 0.15) is 18.1 Å². The van der Waals surface area contributed by atoms with Crippen LogP contribution in [-0.2, 0) is 12.8 Å². The Kier molecular flexibility index (Phi) is 7.54. The second-order valence-corrected chi connectivity index (χ2v) is 6.96. The molecule has 19 heavy (non-hydrogen) atoms. The summed E-state index contributed by atoms with van der Waals surface area (Å²) >= 11 is 6.63. The van der Waals surface area contributed by atoms with Gasteiger partial charge in [-0.1, -0.05) is 20.3 Å². The molecule has 106 valence electrons. The van der Waals surface area contributed by atoms with Crippen molar-refractivity contribution < 1.29 is 9.47 Å². The Hall–Kier alpha value is -0.480. The lowest BCUT2D eigenvalue weighted by Crippen LogP contribution is -2.00. The monoisotopic (exact) mass is 390 g/mol. The van der Waals surface area contributed by atoms with Gasteiger partial charge in [0.25, 0.3) is 0 Å². The molecule has 1 aromatic carbocycles. The average molecular weight is 392 g/mol.